The van der Waals surface area contributed by atoms with Gasteiger partial charge >= 0.3 is 0 Å². The Labute approximate surface area is 112 Å². The van der Waals surface area contributed by atoms with Crippen LogP contribution in [0.3, 0.4) is 0 Å². The molecular formula is C13H20N4O2. The summed E-state index contributed by atoms with van der Waals surface area (Å²) in [6.45, 7) is 0.716. The van der Waals surface area contributed by atoms with Gasteiger partial charge in [-0.3, -0.25) is 0 Å². The zero-order valence-electron chi connectivity index (χ0n) is 11.0. The van der Waals surface area contributed by atoms with E-state index in [2.05, 4.69) is 10.1 Å². The van der Waals surface area contributed by atoms with Gasteiger partial charge in [0.15, 0.2) is 5.82 Å². The Morgan fingerprint density at radius 2 is 2.32 bits per heavy atom. The Kier molecular flexibility index (Phi) is 3.18. The number of hydrogen-bond acceptors (Lipinski definition) is 4. The summed E-state index contributed by atoms with van der Waals surface area (Å²) in [6.07, 6.45) is 10.9. The summed E-state index contributed by atoms with van der Waals surface area (Å²) < 4.78 is 8.16. The van der Waals surface area contributed by atoms with Gasteiger partial charge in [0.25, 0.3) is 0 Å². The molecule has 1 saturated carbocycles. The molecule has 6 heteroatoms. The molecule has 2 heterocycles. The summed E-state index contributed by atoms with van der Waals surface area (Å²) in [5.74, 6) is 0.539. The highest BCUT2D eigenvalue weighted by molar-refractivity contribution is 5.93. The first-order valence-corrected chi connectivity index (χ1v) is 6.89. The second kappa shape index (κ2) is 4.85. The van der Waals surface area contributed by atoms with Crippen molar-refractivity contribution in [2.45, 2.75) is 56.8 Å². The van der Waals surface area contributed by atoms with Gasteiger partial charge in [-0.05, 0) is 25.7 Å². The van der Waals surface area contributed by atoms with E-state index in [4.69, 9.17) is 15.7 Å². The van der Waals surface area contributed by atoms with Crippen molar-refractivity contribution in [2.24, 2.45) is 10.9 Å². The van der Waals surface area contributed by atoms with Crippen LogP contribution in [0.4, 0.5) is 0 Å². The van der Waals surface area contributed by atoms with Crippen LogP contribution in [0.1, 0.15) is 44.3 Å². The molecule has 6 nitrogen and oxygen atoms in total. The first kappa shape index (κ1) is 12.5. The normalized spacial score (nSPS) is 26.3. The minimum atomic E-state index is 0.0403. The quantitative estimate of drug-likeness (QED) is 0.374. The fourth-order valence-corrected chi connectivity index (χ4v) is 3.37. The minimum Gasteiger partial charge on any atom is -0.409 e. The summed E-state index contributed by atoms with van der Waals surface area (Å²) in [7, 11) is 0. The maximum Gasteiger partial charge on any atom is 0.206 e. The number of aromatic nitrogens is 2. The molecule has 1 aromatic heterocycles. The van der Waals surface area contributed by atoms with Gasteiger partial charge in [0, 0.05) is 12.4 Å². The van der Waals surface area contributed by atoms with E-state index in [-0.39, 0.29) is 17.5 Å². The van der Waals surface area contributed by atoms with E-state index in [9.17, 15) is 0 Å². The zero-order valence-corrected chi connectivity index (χ0v) is 11.0. The first-order valence-electron chi connectivity index (χ1n) is 6.89. The Bertz CT molecular complexity index is 477. The van der Waals surface area contributed by atoms with E-state index in [1.807, 2.05) is 10.8 Å². The van der Waals surface area contributed by atoms with E-state index in [1.54, 1.807) is 6.20 Å². The highest BCUT2D eigenvalue weighted by Gasteiger charge is 2.42. The average Bonchev–Trinajstić information content (AvgIpc) is 3.13. The number of imidazole rings is 1. The molecule has 1 unspecified atom stereocenters. The van der Waals surface area contributed by atoms with E-state index < -0.39 is 0 Å². The third-order valence-electron chi connectivity index (χ3n) is 4.31. The number of ether oxygens (including phenoxy) is 1. The molecule has 0 radical (unpaired) electrons. The molecule has 1 aromatic rings. The molecule has 0 amide bonds. The topological polar surface area (TPSA) is 85.7 Å². The highest BCUT2D eigenvalue weighted by Crippen LogP contribution is 2.43. The number of oxime groups is 1. The molecule has 1 aliphatic heterocycles. The van der Waals surface area contributed by atoms with Crippen molar-refractivity contribution in [1.29, 1.82) is 0 Å². The zero-order chi connectivity index (χ0) is 13.3. The predicted molar refractivity (Wildman–Crippen MR) is 70.0 cm³/mol. The maximum absolute atomic E-state index is 8.74. The second-order valence-corrected chi connectivity index (χ2v) is 5.56. The van der Waals surface area contributed by atoms with Crippen LogP contribution in [0, 0.1) is 0 Å². The summed E-state index contributed by atoms with van der Waals surface area (Å²) >= 11 is 0. The molecule has 1 saturated heterocycles. The van der Waals surface area contributed by atoms with Crippen molar-refractivity contribution in [3.8, 4) is 0 Å². The number of rotatable bonds is 3. The number of nitrogens with two attached hydrogens (primary N) is 1. The van der Waals surface area contributed by atoms with Gasteiger partial charge in [0.1, 0.15) is 0 Å². The standard InChI is InChI=1S/C13H20N4O2/c14-11(16-18)12-15-7-8-17(12)9-10-3-6-13(19-10)4-1-2-5-13/h7-8,10,18H,1-6,9H2,(H2,14,16). The third-order valence-corrected chi connectivity index (χ3v) is 4.31. The van der Waals surface area contributed by atoms with E-state index in [1.165, 1.54) is 25.7 Å². The molecule has 2 fully saturated rings. The number of amidine groups is 1. The Morgan fingerprint density at radius 1 is 1.53 bits per heavy atom. The lowest BCUT2D eigenvalue weighted by molar-refractivity contribution is -0.0418. The second-order valence-electron chi connectivity index (χ2n) is 5.56. The van der Waals surface area contributed by atoms with E-state index in [0.717, 1.165) is 12.8 Å². The van der Waals surface area contributed by atoms with Crippen LogP contribution in [0.15, 0.2) is 17.5 Å². The number of hydrogen-bond donors (Lipinski definition) is 2. The average molecular weight is 264 g/mol. The molecule has 0 aromatic carbocycles. The van der Waals surface area contributed by atoms with Crippen LogP contribution in [-0.2, 0) is 11.3 Å². The van der Waals surface area contributed by atoms with Gasteiger partial charge in [-0.1, -0.05) is 18.0 Å². The van der Waals surface area contributed by atoms with Gasteiger partial charge in [0.2, 0.25) is 5.84 Å². The molecule has 104 valence electrons. The predicted octanol–water partition coefficient (Wildman–Crippen LogP) is 1.47. The number of nitrogens with zero attached hydrogens (tertiary/aromatic N) is 3. The lowest BCUT2D eigenvalue weighted by Gasteiger charge is -2.24. The molecule has 3 N–H and O–H groups in total. The van der Waals surface area contributed by atoms with Crippen LogP contribution in [0.5, 0.6) is 0 Å². The van der Waals surface area contributed by atoms with Crippen molar-refractivity contribution in [1.82, 2.24) is 9.55 Å². The van der Waals surface area contributed by atoms with Gasteiger partial charge in [-0.15, -0.1) is 0 Å². The van der Waals surface area contributed by atoms with Gasteiger partial charge in [0.05, 0.1) is 18.2 Å². The van der Waals surface area contributed by atoms with Crippen molar-refractivity contribution in [3.05, 3.63) is 18.2 Å². The summed E-state index contributed by atoms with van der Waals surface area (Å²) in [5, 5.41) is 11.7. The van der Waals surface area contributed by atoms with Crippen molar-refractivity contribution >= 4 is 5.84 Å². The Morgan fingerprint density at radius 3 is 3.05 bits per heavy atom. The minimum absolute atomic E-state index is 0.0403. The van der Waals surface area contributed by atoms with Gasteiger partial charge in [-0.2, -0.15) is 0 Å². The largest absolute Gasteiger partial charge is 0.409 e. The smallest absolute Gasteiger partial charge is 0.206 e. The van der Waals surface area contributed by atoms with Crippen molar-refractivity contribution in [2.75, 3.05) is 0 Å². The van der Waals surface area contributed by atoms with Crippen LogP contribution < -0.4 is 5.73 Å². The van der Waals surface area contributed by atoms with Crippen LogP contribution in [0.2, 0.25) is 0 Å². The summed E-state index contributed by atoms with van der Waals surface area (Å²) in [4.78, 5) is 4.11. The fourth-order valence-electron chi connectivity index (χ4n) is 3.37. The Hall–Kier alpha value is -1.56. The molecule has 0 bridgehead atoms. The first-order chi connectivity index (χ1) is 9.22. The lowest BCUT2D eigenvalue weighted by atomic mass is 9.98. The van der Waals surface area contributed by atoms with E-state index in [0.29, 0.717) is 12.4 Å². The van der Waals surface area contributed by atoms with Crippen molar-refractivity contribution < 1.29 is 9.94 Å². The van der Waals surface area contributed by atoms with Crippen LogP contribution in [0.25, 0.3) is 0 Å². The highest BCUT2D eigenvalue weighted by atomic mass is 16.5. The molecule has 1 aliphatic carbocycles. The molecule has 1 spiro atoms. The molecule has 3 rings (SSSR count). The van der Waals surface area contributed by atoms with Gasteiger partial charge < -0.3 is 20.2 Å². The Balaban J connectivity index is 1.68. The maximum atomic E-state index is 8.74. The molecule has 1 atom stereocenters. The summed E-state index contributed by atoms with van der Waals surface area (Å²) in [5.41, 5.74) is 5.75. The van der Waals surface area contributed by atoms with Crippen LogP contribution in [-0.4, -0.2) is 32.3 Å². The fraction of sp³-hybridized carbons (Fsp3) is 0.692. The SMILES string of the molecule is N/C(=N/O)c1nccn1CC1CCC2(CCCC2)O1. The van der Waals surface area contributed by atoms with E-state index >= 15 is 0 Å². The van der Waals surface area contributed by atoms with Crippen molar-refractivity contribution in [3.63, 3.8) is 0 Å². The summed E-state index contributed by atoms with van der Waals surface area (Å²) in [6, 6.07) is 0. The third kappa shape index (κ3) is 2.32. The van der Waals surface area contributed by atoms with Crippen LogP contribution >= 0.6 is 0 Å². The molecule has 2 aliphatic rings. The monoisotopic (exact) mass is 264 g/mol. The molecular weight excluding hydrogens is 244 g/mol. The molecule has 19 heavy (non-hydrogen) atoms. The lowest BCUT2D eigenvalue weighted by Crippen LogP contribution is -2.28. The van der Waals surface area contributed by atoms with Gasteiger partial charge in [-0.25, -0.2) is 4.98 Å².